The van der Waals surface area contributed by atoms with E-state index in [-0.39, 0.29) is 0 Å². The molecule has 2 heterocycles. The Balaban J connectivity index is 2.43. The summed E-state index contributed by atoms with van der Waals surface area (Å²) >= 11 is 0. The maximum atomic E-state index is 5.43. The number of nitrogens with zero attached hydrogens (tertiary/aromatic N) is 3. The molecule has 1 aromatic heterocycles. The summed E-state index contributed by atoms with van der Waals surface area (Å²) < 4.78 is 2.10. The zero-order chi connectivity index (χ0) is 7.84. The van der Waals surface area contributed by atoms with Crippen molar-refractivity contribution in [3.8, 4) is 0 Å². The van der Waals surface area contributed by atoms with Crippen LogP contribution in [0.25, 0.3) is 0 Å². The summed E-state index contributed by atoms with van der Waals surface area (Å²) in [6.45, 7) is 1.76. The van der Waals surface area contributed by atoms with Gasteiger partial charge in [0.2, 0.25) is 5.95 Å². The molecule has 0 fully saturated rings. The SMILES string of the molecule is Nc1ncc2c(n1)CN(P)C2. The summed E-state index contributed by atoms with van der Waals surface area (Å²) in [5.74, 6) is 0.365. The highest BCUT2D eigenvalue weighted by molar-refractivity contribution is 7.13. The average molecular weight is 168 g/mol. The summed E-state index contributed by atoms with van der Waals surface area (Å²) in [6, 6.07) is 0. The number of nitrogen functional groups attached to an aromatic ring is 1. The van der Waals surface area contributed by atoms with E-state index in [2.05, 4.69) is 24.0 Å². The van der Waals surface area contributed by atoms with Gasteiger partial charge in [-0.05, 0) is 0 Å². The van der Waals surface area contributed by atoms with Crippen LogP contribution in [0.5, 0.6) is 0 Å². The van der Waals surface area contributed by atoms with Crippen LogP contribution < -0.4 is 5.73 Å². The van der Waals surface area contributed by atoms with Crippen molar-refractivity contribution in [2.24, 2.45) is 0 Å². The molecule has 5 heteroatoms. The van der Waals surface area contributed by atoms with Crippen molar-refractivity contribution in [3.05, 3.63) is 17.5 Å². The van der Waals surface area contributed by atoms with Gasteiger partial charge in [0.1, 0.15) is 0 Å². The number of hydrogen-bond acceptors (Lipinski definition) is 4. The molecule has 1 aliphatic rings. The molecule has 2 N–H and O–H groups in total. The molecule has 58 valence electrons. The molecule has 11 heavy (non-hydrogen) atoms. The molecule has 1 aliphatic heterocycles. The fraction of sp³-hybridized carbons (Fsp3) is 0.333. The van der Waals surface area contributed by atoms with Crippen LogP contribution in [0.2, 0.25) is 0 Å². The summed E-state index contributed by atoms with van der Waals surface area (Å²) in [4.78, 5) is 8.03. The van der Waals surface area contributed by atoms with Gasteiger partial charge in [0.25, 0.3) is 0 Å². The van der Waals surface area contributed by atoms with Crippen LogP contribution in [0.4, 0.5) is 5.95 Å². The summed E-state index contributed by atoms with van der Waals surface area (Å²) in [7, 11) is 2.64. The number of nitrogens with two attached hydrogens (primary N) is 1. The predicted octanol–water partition coefficient (Wildman–Crippen LogP) is 0.165. The number of hydrogen-bond donors (Lipinski definition) is 1. The molecule has 1 atom stereocenters. The first-order valence-electron chi connectivity index (χ1n) is 3.35. The Bertz CT molecular complexity index is 288. The smallest absolute Gasteiger partial charge is 0.220 e. The maximum absolute atomic E-state index is 5.43. The van der Waals surface area contributed by atoms with Crippen LogP contribution >= 0.6 is 9.39 Å². The third-order valence-electron chi connectivity index (χ3n) is 1.70. The van der Waals surface area contributed by atoms with E-state index in [1.54, 1.807) is 6.20 Å². The highest BCUT2D eigenvalue weighted by atomic mass is 31.0. The van der Waals surface area contributed by atoms with Gasteiger partial charge >= 0.3 is 0 Å². The van der Waals surface area contributed by atoms with Gasteiger partial charge in [-0.3, -0.25) is 4.67 Å². The largest absolute Gasteiger partial charge is 0.368 e. The first-order chi connectivity index (χ1) is 5.25. The monoisotopic (exact) mass is 168 g/mol. The van der Waals surface area contributed by atoms with Crippen LogP contribution in [-0.4, -0.2) is 14.6 Å². The average Bonchev–Trinajstić information content (AvgIpc) is 2.27. The lowest BCUT2D eigenvalue weighted by Gasteiger charge is -2.01. The van der Waals surface area contributed by atoms with E-state index in [0.29, 0.717) is 5.95 Å². The Labute approximate surface area is 67.1 Å². The van der Waals surface area contributed by atoms with Gasteiger partial charge in [0.05, 0.1) is 5.69 Å². The van der Waals surface area contributed by atoms with Gasteiger partial charge in [-0.1, -0.05) is 9.39 Å². The van der Waals surface area contributed by atoms with Gasteiger partial charge in [-0.2, -0.15) is 0 Å². The van der Waals surface area contributed by atoms with Gasteiger partial charge in [-0.15, -0.1) is 0 Å². The van der Waals surface area contributed by atoms with Crippen molar-refractivity contribution in [2.45, 2.75) is 13.1 Å². The molecular formula is C6H9N4P. The minimum Gasteiger partial charge on any atom is -0.368 e. The number of fused-ring (bicyclic) bond motifs is 1. The number of rotatable bonds is 0. The van der Waals surface area contributed by atoms with Gasteiger partial charge in [-0.25, -0.2) is 9.97 Å². The fourth-order valence-electron chi connectivity index (χ4n) is 1.19. The van der Waals surface area contributed by atoms with Crippen molar-refractivity contribution >= 4 is 15.3 Å². The van der Waals surface area contributed by atoms with Crippen LogP contribution in [0.15, 0.2) is 6.20 Å². The van der Waals surface area contributed by atoms with Crippen molar-refractivity contribution in [1.29, 1.82) is 0 Å². The molecule has 2 rings (SSSR count). The molecule has 0 bridgehead atoms. The molecule has 0 aromatic carbocycles. The lowest BCUT2D eigenvalue weighted by molar-refractivity contribution is 0.505. The molecule has 0 spiro atoms. The minimum absolute atomic E-state index is 0.365. The first-order valence-corrected chi connectivity index (χ1v) is 3.87. The van der Waals surface area contributed by atoms with E-state index in [1.807, 2.05) is 0 Å². The van der Waals surface area contributed by atoms with Gasteiger partial charge in [0, 0.05) is 24.8 Å². The fourth-order valence-corrected chi connectivity index (χ4v) is 1.56. The predicted molar refractivity (Wildman–Crippen MR) is 45.4 cm³/mol. The molecule has 0 saturated carbocycles. The van der Waals surface area contributed by atoms with E-state index < -0.39 is 0 Å². The normalized spacial score (nSPS) is 16.8. The molecule has 0 radical (unpaired) electrons. The lowest BCUT2D eigenvalue weighted by atomic mass is 10.3. The van der Waals surface area contributed by atoms with Crippen molar-refractivity contribution < 1.29 is 0 Å². The zero-order valence-corrected chi connectivity index (χ0v) is 7.14. The lowest BCUT2D eigenvalue weighted by Crippen LogP contribution is -1.99. The Kier molecular flexibility index (Phi) is 1.51. The van der Waals surface area contributed by atoms with E-state index in [0.717, 1.165) is 18.8 Å². The Morgan fingerprint density at radius 2 is 2.36 bits per heavy atom. The third-order valence-corrected chi connectivity index (χ3v) is 2.06. The topological polar surface area (TPSA) is 55.0 Å². The Morgan fingerprint density at radius 3 is 3.18 bits per heavy atom. The number of anilines is 1. The minimum atomic E-state index is 0.365. The van der Waals surface area contributed by atoms with Crippen molar-refractivity contribution in [3.63, 3.8) is 0 Å². The highest BCUT2D eigenvalue weighted by Crippen LogP contribution is 2.22. The second-order valence-corrected chi connectivity index (χ2v) is 3.34. The summed E-state index contributed by atoms with van der Waals surface area (Å²) in [5, 5.41) is 0. The molecule has 1 unspecified atom stereocenters. The van der Waals surface area contributed by atoms with E-state index in [1.165, 1.54) is 5.56 Å². The van der Waals surface area contributed by atoms with E-state index in [9.17, 15) is 0 Å². The molecule has 0 saturated heterocycles. The van der Waals surface area contributed by atoms with Crippen molar-refractivity contribution in [1.82, 2.24) is 14.6 Å². The third kappa shape index (κ3) is 1.19. The van der Waals surface area contributed by atoms with Crippen LogP contribution in [0, 0.1) is 0 Å². The summed E-state index contributed by atoms with van der Waals surface area (Å²) in [6.07, 6.45) is 1.79. The van der Waals surface area contributed by atoms with Crippen LogP contribution in [0.1, 0.15) is 11.3 Å². The van der Waals surface area contributed by atoms with Crippen LogP contribution in [-0.2, 0) is 13.1 Å². The van der Waals surface area contributed by atoms with Gasteiger partial charge in [0.15, 0.2) is 0 Å². The maximum Gasteiger partial charge on any atom is 0.220 e. The molecular weight excluding hydrogens is 159 g/mol. The van der Waals surface area contributed by atoms with Crippen molar-refractivity contribution in [2.75, 3.05) is 5.73 Å². The van der Waals surface area contributed by atoms with Gasteiger partial charge < -0.3 is 5.73 Å². The Morgan fingerprint density at radius 1 is 1.55 bits per heavy atom. The highest BCUT2D eigenvalue weighted by Gasteiger charge is 2.16. The van der Waals surface area contributed by atoms with E-state index >= 15 is 0 Å². The first kappa shape index (κ1) is 6.95. The standard InChI is InChI=1S/C6H9N4P/c7-6-8-1-4-2-10(11)3-5(4)9-6/h1H,2-3,11H2,(H2,7,8,9). The van der Waals surface area contributed by atoms with Crippen LogP contribution in [0.3, 0.4) is 0 Å². The second-order valence-electron chi connectivity index (χ2n) is 2.61. The molecule has 4 nitrogen and oxygen atoms in total. The molecule has 1 aromatic rings. The van der Waals surface area contributed by atoms with E-state index in [4.69, 9.17) is 5.73 Å². The number of aromatic nitrogens is 2. The quantitative estimate of drug-likeness (QED) is 0.561. The molecule has 0 aliphatic carbocycles. The zero-order valence-electron chi connectivity index (χ0n) is 5.99. The molecule has 0 amide bonds. The Hall–Kier alpha value is -0.730. The second kappa shape index (κ2) is 2.40. The summed E-state index contributed by atoms with van der Waals surface area (Å²) in [5.41, 5.74) is 7.65.